The molecule has 0 unspecified atom stereocenters. The van der Waals surface area contributed by atoms with E-state index in [0.29, 0.717) is 4.48 Å². The van der Waals surface area contributed by atoms with Crippen molar-refractivity contribution in [2.24, 2.45) is 0 Å². The molecule has 1 aromatic rings. The Kier molecular flexibility index (Phi) is 2.14. The molecule has 1 aromatic heterocycles. The Morgan fingerprint density at radius 3 is 2.64 bits per heavy atom. The van der Waals surface area contributed by atoms with E-state index in [4.69, 9.17) is 5.11 Å². The van der Waals surface area contributed by atoms with Crippen molar-refractivity contribution in [3.63, 3.8) is 0 Å². The molecule has 4 heteroatoms. The summed E-state index contributed by atoms with van der Waals surface area (Å²) >= 11 is 3.14. The highest BCUT2D eigenvalue weighted by molar-refractivity contribution is 9.15. The lowest BCUT2D eigenvalue weighted by Gasteiger charge is -1.85. The number of carbonyl (C=O) groups is 1. The van der Waals surface area contributed by atoms with E-state index < -0.39 is 5.97 Å². The Balaban J connectivity index is 2.99. The van der Waals surface area contributed by atoms with Crippen LogP contribution in [0.15, 0.2) is 18.8 Å². The quantitative estimate of drug-likeness (QED) is 0.794. The first-order chi connectivity index (χ1) is 5.11. The summed E-state index contributed by atoms with van der Waals surface area (Å²) in [5.41, 5.74) is 0.919. The molecule has 0 atom stereocenters. The summed E-state index contributed by atoms with van der Waals surface area (Å²) in [6, 6.07) is 1.51. The molecule has 3 nitrogen and oxygen atoms in total. The van der Waals surface area contributed by atoms with Gasteiger partial charge in [0.05, 0.1) is 0 Å². The fourth-order valence-corrected chi connectivity index (χ4v) is 0.903. The van der Waals surface area contributed by atoms with E-state index in [1.54, 1.807) is 6.20 Å². The Bertz CT molecular complexity index is 275. The van der Waals surface area contributed by atoms with E-state index in [9.17, 15) is 4.79 Å². The molecule has 11 heavy (non-hydrogen) atoms. The van der Waals surface area contributed by atoms with Crippen molar-refractivity contribution in [2.45, 2.75) is 0 Å². The van der Waals surface area contributed by atoms with Gasteiger partial charge >= 0.3 is 5.97 Å². The highest BCUT2D eigenvalue weighted by Crippen LogP contribution is 2.18. The summed E-state index contributed by atoms with van der Waals surface area (Å²) in [4.78, 5) is 13.0. The molecule has 0 saturated carbocycles. The second-order valence-corrected chi connectivity index (χ2v) is 2.97. The van der Waals surface area contributed by atoms with Gasteiger partial charge in [-0.15, -0.1) is 0 Å². The van der Waals surface area contributed by atoms with Gasteiger partial charge in [0.15, 0.2) is 0 Å². The molecule has 0 radical (unpaired) electrons. The zero-order valence-corrected chi connectivity index (χ0v) is 7.18. The molecule has 2 N–H and O–H groups in total. The average molecular weight is 216 g/mol. The van der Waals surface area contributed by atoms with Crippen LogP contribution >= 0.6 is 15.9 Å². The molecule has 1 heterocycles. The zero-order valence-electron chi connectivity index (χ0n) is 5.60. The third-order valence-corrected chi connectivity index (χ3v) is 1.68. The van der Waals surface area contributed by atoms with Crippen molar-refractivity contribution in [2.75, 3.05) is 0 Å². The molecule has 0 amide bonds. The Morgan fingerprint density at radius 1 is 1.73 bits per heavy atom. The fourth-order valence-electron chi connectivity index (χ4n) is 0.674. The second-order valence-electron chi connectivity index (χ2n) is 2.01. The molecule has 0 aliphatic carbocycles. The van der Waals surface area contributed by atoms with Crippen LogP contribution in [-0.4, -0.2) is 16.1 Å². The van der Waals surface area contributed by atoms with Crippen LogP contribution in [0, 0.1) is 0 Å². The first kappa shape index (κ1) is 8.07. The number of aromatic amines is 1. The third-order valence-electron chi connectivity index (χ3n) is 1.23. The van der Waals surface area contributed by atoms with Crippen molar-refractivity contribution in [1.29, 1.82) is 0 Å². The Hall–Kier alpha value is -1.03. The monoisotopic (exact) mass is 215 g/mol. The lowest BCUT2D eigenvalue weighted by molar-refractivity contribution is 0.0691. The van der Waals surface area contributed by atoms with Crippen LogP contribution in [0.4, 0.5) is 0 Å². The molecule has 0 saturated heterocycles. The maximum absolute atomic E-state index is 10.4. The van der Waals surface area contributed by atoms with Crippen molar-refractivity contribution in [1.82, 2.24) is 4.98 Å². The number of H-pyrrole nitrogens is 1. The molecule has 0 aliphatic heterocycles. The largest absolute Gasteiger partial charge is 0.477 e. The minimum atomic E-state index is -0.968. The van der Waals surface area contributed by atoms with Gasteiger partial charge in [0.1, 0.15) is 5.69 Å². The van der Waals surface area contributed by atoms with Gasteiger partial charge in [0.2, 0.25) is 0 Å². The van der Waals surface area contributed by atoms with Gasteiger partial charge in [-0.25, -0.2) is 4.79 Å². The number of carboxylic acids is 1. The molecular weight excluding hydrogens is 210 g/mol. The van der Waals surface area contributed by atoms with Gasteiger partial charge in [0, 0.05) is 16.2 Å². The van der Waals surface area contributed by atoms with E-state index in [2.05, 4.69) is 27.5 Å². The molecular formula is C7H6BrNO2. The van der Waals surface area contributed by atoms with Crippen LogP contribution in [0.2, 0.25) is 0 Å². The van der Waals surface area contributed by atoms with E-state index >= 15 is 0 Å². The molecule has 1 rings (SSSR count). The molecule has 0 bridgehead atoms. The van der Waals surface area contributed by atoms with Crippen LogP contribution in [0.3, 0.4) is 0 Å². The average Bonchev–Trinajstić information content (AvgIpc) is 2.33. The van der Waals surface area contributed by atoms with Crippen LogP contribution < -0.4 is 0 Å². The predicted molar refractivity (Wildman–Crippen MR) is 45.7 cm³/mol. The number of carboxylic acid groups (broad SMARTS) is 1. The van der Waals surface area contributed by atoms with Crippen molar-refractivity contribution in [3.8, 4) is 0 Å². The molecule has 58 valence electrons. The third kappa shape index (κ3) is 1.71. The number of hydrogen-bond acceptors (Lipinski definition) is 1. The second kappa shape index (κ2) is 2.92. The number of halogens is 1. The van der Waals surface area contributed by atoms with Crippen LogP contribution in [0.1, 0.15) is 16.1 Å². The summed E-state index contributed by atoms with van der Waals surface area (Å²) < 4.78 is 0.668. The summed E-state index contributed by atoms with van der Waals surface area (Å²) in [5.74, 6) is -0.968. The summed E-state index contributed by atoms with van der Waals surface area (Å²) in [6.07, 6.45) is 1.58. The first-order valence-corrected chi connectivity index (χ1v) is 3.67. The van der Waals surface area contributed by atoms with Crippen LogP contribution in [0.25, 0.3) is 4.48 Å². The lowest BCUT2D eigenvalue weighted by atomic mass is 10.3. The topological polar surface area (TPSA) is 53.1 Å². The minimum Gasteiger partial charge on any atom is -0.477 e. The maximum atomic E-state index is 10.4. The van der Waals surface area contributed by atoms with Gasteiger partial charge in [-0.1, -0.05) is 22.5 Å². The van der Waals surface area contributed by atoms with Gasteiger partial charge in [-0.2, -0.15) is 0 Å². The molecule has 0 aromatic carbocycles. The first-order valence-electron chi connectivity index (χ1n) is 2.87. The van der Waals surface area contributed by atoms with Crippen molar-refractivity contribution in [3.05, 3.63) is 30.1 Å². The lowest BCUT2D eigenvalue weighted by Crippen LogP contribution is -1.94. The summed E-state index contributed by atoms with van der Waals surface area (Å²) in [7, 11) is 0. The molecule has 0 aliphatic rings. The Labute approximate surface area is 71.9 Å². The smallest absolute Gasteiger partial charge is 0.352 e. The maximum Gasteiger partial charge on any atom is 0.352 e. The Morgan fingerprint density at radius 2 is 2.36 bits per heavy atom. The van der Waals surface area contributed by atoms with E-state index in [-0.39, 0.29) is 5.69 Å². The van der Waals surface area contributed by atoms with Gasteiger partial charge in [0.25, 0.3) is 0 Å². The number of aromatic nitrogens is 1. The standard InChI is InChI=1S/C7H6BrNO2/c1-4(8)5-2-6(7(10)11)9-3-5/h2-3,9H,1H2,(H,10,11). The minimum absolute atomic E-state index is 0.167. The highest BCUT2D eigenvalue weighted by Gasteiger charge is 2.05. The van der Waals surface area contributed by atoms with Crippen molar-refractivity contribution < 1.29 is 9.90 Å². The van der Waals surface area contributed by atoms with E-state index in [1.807, 2.05) is 0 Å². The van der Waals surface area contributed by atoms with Gasteiger partial charge in [-0.3, -0.25) is 0 Å². The SMILES string of the molecule is C=C(Br)c1c[nH]c(C(=O)O)c1. The van der Waals surface area contributed by atoms with Crippen LogP contribution in [0.5, 0.6) is 0 Å². The van der Waals surface area contributed by atoms with E-state index in [0.717, 1.165) is 5.56 Å². The van der Waals surface area contributed by atoms with Gasteiger partial charge < -0.3 is 10.1 Å². The summed E-state index contributed by atoms with van der Waals surface area (Å²) in [5, 5.41) is 8.50. The summed E-state index contributed by atoms with van der Waals surface area (Å²) in [6.45, 7) is 3.60. The van der Waals surface area contributed by atoms with Crippen molar-refractivity contribution >= 4 is 26.4 Å². The normalized spacial score (nSPS) is 9.55. The zero-order chi connectivity index (χ0) is 8.43. The predicted octanol–water partition coefficient (Wildman–Crippen LogP) is 2.08. The number of aromatic carboxylic acids is 1. The number of hydrogen-bond donors (Lipinski definition) is 2. The van der Waals surface area contributed by atoms with Gasteiger partial charge in [-0.05, 0) is 6.07 Å². The van der Waals surface area contributed by atoms with Crippen LogP contribution in [-0.2, 0) is 0 Å². The number of rotatable bonds is 2. The number of nitrogens with one attached hydrogen (secondary N) is 1. The van der Waals surface area contributed by atoms with E-state index in [1.165, 1.54) is 6.07 Å². The highest BCUT2D eigenvalue weighted by atomic mass is 79.9. The molecule has 0 fully saturated rings. The molecule has 0 spiro atoms. The fraction of sp³-hybridized carbons (Fsp3) is 0.